The first-order chi connectivity index (χ1) is 17.5. The summed E-state index contributed by atoms with van der Waals surface area (Å²) in [5, 5.41) is 7.32. The predicted molar refractivity (Wildman–Crippen MR) is 140 cm³/mol. The van der Waals surface area contributed by atoms with E-state index in [1.807, 2.05) is 6.07 Å². The van der Waals surface area contributed by atoms with Crippen molar-refractivity contribution in [3.63, 3.8) is 0 Å². The van der Waals surface area contributed by atoms with E-state index in [1.54, 1.807) is 18.9 Å². The maximum atomic E-state index is 15.2. The van der Waals surface area contributed by atoms with Crippen molar-refractivity contribution in [3.8, 4) is 6.07 Å². The Morgan fingerprint density at radius 2 is 1.74 bits per heavy atom. The molecule has 0 amide bonds. The maximum absolute atomic E-state index is 15.2. The van der Waals surface area contributed by atoms with Crippen LogP contribution in [0.1, 0.15) is 42.0 Å². The van der Waals surface area contributed by atoms with E-state index < -0.39 is 56.4 Å². The molecule has 2 aromatic carbocycles. The molecule has 12 heteroatoms. The first-order valence-corrected chi connectivity index (χ1v) is 12.9. The summed E-state index contributed by atoms with van der Waals surface area (Å²) in [4.78, 5) is 1.63. The third-order valence-corrected chi connectivity index (χ3v) is 7.32. The predicted octanol–water partition coefficient (Wildman–Crippen LogP) is 9.45. The second kappa shape index (κ2) is 12.7. The van der Waals surface area contributed by atoms with Crippen molar-refractivity contribution in [3.05, 3.63) is 81.1 Å². The average molecular weight is 599 g/mol. The van der Waals surface area contributed by atoms with E-state index in [-0.39, 0.29) is 29.1 Å². The Kier molecular flexibility index (Phi) is 10.6. The summed E-state index contributed by atoms with van der Waals surface area (Å²) in [6, 6.07) is 6.15. The molecule has 2 unspecified atom stereocenters. The molecule has 0 aliphatic carbocycles. The average Bonchev–Trinajstić information content (AvgIpc) is 2.82. The van der Waals surface area contributed by atoms with Gasteiger partial charge < -0.3 is 4.90 Å². The molecule has 0 fully saturated rings. The fraction of sp³-hybridized carbons (Fsp3) is 0.346. The van der Waals surface area contributed by atoms with Gasteiger partial charge in [0.25, 0.3) is 5.92 Å². The lowest BCUT2D eigenvalue weighted by Crippen LogP contribution is -2.30. The van der Waals surface area contributed by atoms with E-state index in [0.29, 0.717) is 24.8 Å². The van der Waals surface area contributed by atoms with Crippen LogP contribution in [-0.2, 0) is 5.92 Å². The molecule has 0 saturated carbocycles. The van der Waals surface area contributed by atoms with E-state index in [0.717, 1.165) is 18.2 Å². The Bertz CT molecular complexity index is 1230. The molecule has 0 heterocycles. The molecule has 0 N–H and O–H groups in total. The van der Waals surface area contributed by atoms with Gasteiger partial charge in [-0.3, -0.25) is 0 Å². The molecular formula is C26H23Cl2F7N2S. The molecular weight excluding hydrogens is 576 g/mol. The summed E-state index contributed by atoms with van der Waals surface area (Å²) in [6.45, 7) is 6.26. The highest BCUT2D eigenvalue weighted by molar-refractivity contribution is 7.99. The summed E-state index contributed by atoms with van der Waals surface area (Å²) in [5.41, 5.74) is -1.61. The van der Waals surface area contributed by atoms with Crippen LogP contribution < -0.4 is 0 Å². The first-order valence-electron chi connectivity index (χ1n) is 11.0. The van der Waals surface area contributed by atoms with Crippen LogP contribution in [0.25, 0.3) is 11.5 Å². The third-order valence-electron chi connectivity index (χ3n) is 5.72. The van der Waals surface area contributed by atoms with Crippen molar-refractivity contribution in [2.24, 2.45) is 0 Å². The van der Waals surface area contributed by atoms with Crippen LogP contribution in [0.15, 0.2) is 43.0 Å². The van der Waals surface area contributed by atoms with Gasteiger partial charge in [0, 0.05) is 48.2 Å². The second-order valence-electron chi connectivity index (χ2n) is 8.56. The van der Waals surface area contributed by atoms with Crippen molar-refractivity contribution in [2.75, 3.05) is 18.6 Å². The molecule has 2 atom stereocenters. The Morgan fingerprint density at radius 1 is 1.16 bits per heavy atom. The summed E-state index contributed by atoms with van der Waals surface area (Å²) in [5.74, 6) is -7.88. The number of hydrogen-bond donors (Lipinski definition) is 0. The lowest BCUT2D eigenvalue weighted by Gasteiger charge is -2.30. The zero-order valence-electron chi connectivity index (χ0n) is 20.4. The van der Waals surface area contributed by atoms with Gasteiger partial charge in [0.1, 0.15) is 11.7 Å². The molecule has 0 aliphatic heterocycles. The molecule has 0 aliphatic rings. The van der Waals surface area contributed by atoms with Crippen molar-refractivity contribution >= 4 is 46.5 Å². The number of alkyl halides is 5. The second-order valence-corrected chi connectivity index (χ2v) is 10.4. The maximum Gasteiger partial charge on any atom is 0.399 e. The minimum Gasteiger partial charge on any atom is -0.371 e. The van der Waals surface area contributed by atoms with Gasteiger partial charge in [0.2, 0.25) is 0 Å². The minimum absolute atomic E-state index is 0.0156. The van der Waals surface area contributed by atoms with E-state index in [4.69, 9.17) is 28.5 Å². The van der Waals surface area contributed by atoms with Gasteiger partial charge in [-0.1, -0.05) is 41.9 Å². The number of hydrogen-bond acceptors (Lipinski definition) is 3. The highest BCUT2D eigenvalue weighted by Crippen LogP contribution is 2.42. The fourth-order valence-corrected chi connectivity index (χ4v) is 4.81. The van der Waals surface area contributed by atoms with E-state index >= 15 is 4.39 Å². The third kappa shape index (κ3) is 7.84. The van der Waals surface area contributed by atoms with Crippen LogP contribution in [0.5, 0.6) is 0 Å². The Hall–Kier alpha value is -2.35. The molecule has 2 nitrogen and oxygen atoms in total. The van der Waals surface area contributed by atoms with Crippen molar-refractivity contribution in [2.45, 2.75) is 37.9 Å². The number of nitriles is 1. The number of rotatable bonds is 10. The molecule has 2 rings (SSSR count). The van der Waals surface area contributed by atoms with Crippen LogP contribution >= 0.6 is 35.0 Å². The van der Waals surface area contributed by atoms with Crippen LogP contribution in [0.3, 0.4) is 0 Å². The van der Waals surface area contributed by atoms with E-state index in [2.05, 4.69) is 6.58 Å². The first kappa shape index (κ1) is 31.9. The molecule has 0 spiro atoms. The molecule has 206 valence electrons. The number of halogens is 9. The lowest BCUT2D eigenvalue weighted by atomic mass is 9.93. The number of benzene rings is 2. The molecule has 0 aromatic heterocycles. The Balaban J connectivity index is 2.53. The normalized spacial score (nSPS) is 14.1. The summed E-state index contributed by atoms with van der Waals surface area (Å²) in [7, 11) is 1.62. The van der Waals surface area contributed by atoms with Gasteiger partial charge in [-0.2, -0.15) is 18.4 Å². The quantitative estimate of drug-likeness (QED) is 0.155. The number of nitrogens with zero attached hydrogens (tertiary/aromatic N) is 2. The zero-order chi connectivity index (χ0) is 29.0. The van der Waals surface area contributed by atoms with Gasteiger partial charge in [0.05, 0.1) is 21.9 Å². The summed E-state index contributed by atoms with van der Waals surface area (Å²) >= 11 is 12.6. The number of thioether (sulfide) groups is 1. The highest BCUT2D eigenvalue weighted by Gasteiger charge is 2.40. The fourth-order valence-electron chi connectivity index (χ4n) is 3.53. The topological polar surface area (TPSA) is 27.0 Å². The van der Waals surface area contributed by atoms with Gasteiger partial charge in [-0.25, -0.2) is 17.6 Å². The van der Waals surface area contributed by atoms with Crippen LogP contribution in [0.2, 0.25) is 10.0 Å². The van der Waals surface area contributed by atoms with Gasteiger partial charge in [-0.05, 0) is 36.8 Å². The Labute approximate surface area is 230 Å². The van der Waals surface area contributed by atoms with Crippen LogP contribution in [0, 0.1) is 17.1 Å². The SMILES string of the molecule is C=C(c1ccc(/C(F)=C/C(c2cc(Cl)c(F)c(Cl)c2)C(F)(F)F)cc1C(C)(F)F)N(C)C(C)CSCC#N. The van der Waals surface area contributed by atoms with Crippen LogP contribution in [-0.4, -0.2) is 35.7 Å². The largest absolute Gasteiger partial charge is 0.399 e. The van der Waals surface area contributed by atoms with E-state index in [9.17, 15) is 26.3 Å². The molecule has 0 bridgehead atoms. The molecule has 0 saturated heterocycles. The van der Waals surface area contributed by atoms with Crippen molar-refractivity contribution in [1.82, 2.24) is 4.90 Å². The highest BCUT2D eigenvalue weighted by atomic mass is 35.5. The van der Waals surface area contributed by atoms with Crippen molar-refractivity contribution < 1.29 is 30.7 Å². The van der Waals surface area contributed by atoms with Gasteiger partial charge >= 0.3 is 6.18 Å². The van der Waals surface area contributed by atoms with Crippen LogP contribution in [0.4, 0.5) is 30.7 Å². The van der Waals surface area contributed by atoms with E-state index in [1.165, 1.54) is 11.8 Å². The minimum atomic E-state index is -5.03. The molecule has 38 heavy (non-hydrogen) atoms. The zero-order valence-corrected chi connectivity index (χ0v) is 22.8. The van der Waals surface area contributed by atoms with Gasteiger partial charge in [0.15, 0.2) is 5.82 Å². The van der Waals surface area contributed by atoms with Gasteiger partial charge in [-0.15, -0.1) is 11.8 Å². The summed E-state index contributed by atoms with van der Waals surface area (Å²) in [6.07, 6.45) is -4.84. The number of allylic oxidation sites excluding steroid dienone is 1. The van der Waals surface area contributed by atoms with Crippen molar-refractivity contribution in [1.29, 1.82) is 5.26 Å². The summed E-state index contributed by atoms with van der Waals surface area (Å²) < 4.78 is 99.5. The Morgan fingerprint density at radius 3 is 2.24 bits per heavy atom. The lowest BCUT2D eigenvalue weighted by molar-refractivity contribution is -0.139. The monoisotopic (exact) mass is 598 g/mol. The smallest absolute Gasteiger partial charge is 0.371 e. The molecule has 0 radical (unpaired) electrons. The standard InChI is InChI=1S/C26H23Cl2F7N2S/c1-14(13-38-8-7-36)37(4)15(2)18-6-5-16(9-20(18)25(3,31)32)23(29)12-19(26(33,34)35)17-10-21(27)24(30)22(28)11-17/h5-6,9-12,14,19H,2,8,13H2,1,3-4H3/b23-12-. The molecule has 2 aromatic rings.